The molecular weight excluding hydrogens is 363 g/mol. The second-order valence-electron chi connectivity index (χ2n) is 7.64. The summed E-state index contributed by atoms with van der Waals surface area (Å²) in [5.74, 6) is 5.68. The highest BCUT2D eigenvalue weighted by Crippen LogP contribution is 2.26. The minimum atomic E-state index is -0.311. The van der Waals surface area contributed by atoms with Crippen molar-refractivity contribution in [1.82, 2.24) is 14.3 Å². The number of amides is 1. The van der Waals surface area contributed by atoms with Crippen LogP contribution in [-0.4, -0.2) is 46.3 Å². The highest BCUT2D eigenvalue weighted by atomic mass is 32.1. The van der Waals surface area contributed by atoms with Crippen LogP contribution in [0.1, 0.15) is 37.7 Å². The third-order valence-electron chi connectivity index (χ3n) is 4.41. The summed E-state index contributed by atoms with van der Waals surface area (Å²) in [7, 11) is 0. The summed E-state index contributed by atoms with van der Waals surface area (Å²) >= 11 is 1.40. The smallest absolute Gasteiger partial charge is 0.298 e. The molecule has 142 valence electrons. The number of aryl methyl sites for hydroxylation is 1. The molecule has 1 fully saturated rings. The molecule has 7 heteroatoms. The van der Waals surface area contributed by atoms with Crippen molar-refractivity contribution in [1.29, 1.82) is 0 Å². The van der Waals surface area contributed by atoms with E-state index in [0.29, 0.717) is 37.3 Å². The summed E-state index contributed by atoms with van der Waals surface area (Å²) in [5.41, 5.74) is 1.00. The Bertz CT molecular complexity index is 899. The number of aromatic nitrogens is 2. The lowest BCUT2D eigenvalue weighted by atomic mass is 9.96. The van der Waals surface area contributed by atoms with E-state index in [-0.39, 0.29) is 17.1 Å². The fourth-order valence-electron chi connectivity index (χ4n) is 2.62. The second kappa shape index (κ2) is 7.65. The first-order valence-electron chi connectivity index (χ1n) is 8.90. The van der Waals surface area contributed by atoms with Gasteiger partial charge in [-0.3, -0.25) is 4.79 Å². The minimum absolute atomic E-state index is 0.0718. The van der Waals surface area contributed by atoms with Gasteiger partial charge in [-0.15, -0.1) is 0 Å². The Morgan fingerprint density at radius 3 is 2.52 bits per heavy atom. The maximum Gasteiger partial charge on any atom is 0.298 e. The summed E-state index contributed by atoms with van der Waals surface area (Å²) in [5, 5.41) is 0.897. The Morgan fingerprint density at radius 1 is 1.22 bits per heavy atom. The normalized spacial score (nSPS) is 14.7. The molecule has 1 aliphatic heterocycles. The largest absolute Gasteiger partial charge is 0.343 e. The molecule has 0 unspecified atom stereocenters. The molecule has 2 aromatic rings. The molecule has 0 spiro atoms. The number of hydrogen-bond donors (Lipinski definition) is 0. The van der Waals surface area contributed by atoms with E-state index in [1.54, 1.807) is 24.0 Å². The van der Waals surface area contributed by atoms with Crippen LogP contribution in [0.2, 0.25) is 0 Å². The number of rotatable bonds is 1. The van der Waals surface area contributed by atoms with Gasteiger partial charge >= 0.3 is 0 Å². The van der Waals surface area contributed by atoms with Gasteiger partial charge in [0.15, 0.2) is 0 Å². The molecule has 0 radical (unpaired) electrons. The van der Waals surface area contributed by atoms with Crippen LogP contribution in [0, 0.1) is 24.6 Å². The van der Waals surface area contributed by atoms with Gasteiger partial charge in [0, 0.05) is 54.6 Å². The maximum absolute atomic E-state index is 13.6. The predicted octanol–water partition coefficient (Wildman–Crippen LogP) is 2.98. The van der Waals surface area contributed by atoms with Crippen LogP contribution in [-0.2, 0) is 10.2 Å². The zero-order valence-corrected chi connectivity index (χ0v) is 16.9. The number of hydrogen-bond acceptors (Lipinski definition) is 5. The fraction of sp³-hybridized carbons (Fsp3) is 0.450. The van der Waals surface area contributed by atoms with Gasteiger partial charge in [0.05, 0.1) is 0 Å². The summed E-state index contributed by atoms with van der Waals surface area (Å²) < 4.78 is 18.0. The van der Waals surface area contributed by atoms with Crippen molar-refractivity contribution in [2.75, 3.05) is 31.1 Å². The van der Waals surface area contributed by atoms with Gasteiger partial charge in [-0.05, 0) is 24.6 Å². The van der Waals surface area contributed by atoms with Crippen LogP contribution >= 0.6 is 11.5 Å². The lowest BCUT2D eigenvalue weighted by Gasteiger charge is -2.33. The zero-order valence-electron chi connectivity index (χ0n) is 16.0. The molecular formula is C20H23FN4OS. The summed E-state index contributed by atoms with van der Waals surface area (Å²) in [4.78, 5) is 20.8. The molecule has 1 amide bonds. The Morgan fingerprint density at radius 2 is 1.93 bits per heavy atom. The molecule has 0 atom stereocenters. The van der Waals surface area contributed by atoms with Gasteiger partial charge in [-0.2, -0.15) is 4.37 Å². The van der Waals surface area contributed by atoms with Crippen LogP contribution in [0.25, 0.3) is 0 Å². The molecule has 2 heterocycles. The van der Waals surface area contributed by atoms with E-state index < -0.39 is 0 Å². The van der Waals surface area contributed by atoms with E-state index >= 15 is 0 Å². The van der Waals surface area contributed by atoms with E-state index in [0.717, 1.165) is 11.0 Å². The third-order valence-corrected chi connectivity index (χ3v) is 5.19. The van der Waals surface area contributed by atoms with Gasteiger partial charge in [0.2, 0.25) is 5.13 Å². The van der Waals surface area contributed by atoms with Crippen LogP contribution in [0.15, 0.2) is 18.2 Å². The number of piperazine rings is 1. The maximum atomic E-state index is 13.6. The van der Waals surface area contributed by atoms with Crippen LogP contribution in [0.4, 0.5) is 9.52 Å². The molecule has 3 rings (SSSR count). The Hall–Kier alpha value is -2.46. The Labute approximate surface area is 163 Å². The van der Waals surface area contributed by atoms with E-state index in [9.17, 15) is 9.18 Å². The first-order chi connectivity index (χ1) is 12.7. The Kier molecular flexibility index (Phi) is 5.47. The lowest BCUT2D eigenvalue weighted by Crippen LogP contribution is -2.48. The van der Waals surface area contributed by atoms with Crippen LogP contribution in [0.3, 0.4) is 0 Å². The first-order valence-corrected chi connectivity index (χ1v) is 9.67. The van der Waals surface area contributed by atoms with Crippen molar-refractivity contribution in [3.05, 3.63) is 41.0 Å². The molecule has 0 bridgehead atoms. The number of anilines is 1. The minimum Gasteiger partial charge on any atom is -0.343 e. The quantitative estimate of drug-likeness (QED) is 0.707. The van der Waals surface area contributed by atoms with Gasteiger partial charge in [0.1, 0.15) is 11.6 Å². The van der Waals surface area contributed by atoms with Crippen molar-refractivity contribution < 1.29 is 9.18 Å². The van der Waals surface area contributed by atoms with E-state index in [2.05, 4.69) is 46.9 Å². The molecule has 1 aliphatic rings. The number of benzene rings is 1. The van der Waals surface area contributed by atoms with Gasteiger partial charge in [-0.25, -0.2) is 9.37 Å². The lowest BCUT2D eigenvalue weighted by molar-refractivity contribution is -0.125. The van der Waals surface area contributed by atoms with Crippen molar-refractivity contribution in [2.45, 2.75) is 33.1 Å². The molecule has 0 saturated carbocycles. The molecule has 5 nitrogen and oxygen atoms in total. The predicted molar refractivity (Wildman–Crippen MR) is 105 cm³/mol. The van der Waals surface area contributed by atoms with Gasteiger partial charge in [-0.1, -0.05) is 32.8 Å². The number of carbonyl (C=O) groups is 1. The molecule has 1 aromatic heterocycles. The Balaban J connectivity index is 1.59. The molecule has 1 saturated heterocycles. The average Bonchev–Trinajstić information content (AvgIpc) is 3.13. The molecule has 27 heavy (non-hydrogen) atoms. The van der Waals surface area contributed by atoms with Crippen molar-refractivity contribution in [3.8, 4) is 11.8 Å². The highest BCUT2D eigenvalue weighted by Gasteiger charge is 2.25. The monoisotopic (exact) mass is 386 g/mol. The molecule has 0 N–H and O–H groups in total. The van der Waals surface area contributed by atoms with Gasteiger partial charge < -0.3 is 9.80 Å². The zero-order chi connectivity index (χ0) is 19.6. The fourth-order valence-corrected chi connectivity index (χ4v) is 3.53. The van der Waals surface area contributed by atoms with Crippen molar-refractivity contribution in [3.63, 3.8) is 0 Å². The van der Waals surface area contributed by atoms with Crippen LogP contribution < -0.4 is 4.90 Å². The van der Waals surface area contributed by atoms with E-state index in [1.165, 1.54) is 17.6 Å². The first kappa shape index (κ1) is 19.3. The van der Waals surface area contributed by atoms with Crippen LogP contribution in [0.5, 0.6) is 0 Å². The van der Waals surface area contributed by atoms with Crippen molar-refractivity contribution >= 4 is 22.6 Å². The number of carbonyl (C=O) groups excluding carboxylic acids is 1. The van der Waals surface area contributed by atoms with E-state index in [4.69, 9.17) is 0 Å². The highest BCUT2D eigenvalue weighted by molar-refractivity contribution is 7.09. The average molecular weight is 386 g/mol. The summed E-state index contributed by atoms with van der Waals surface area (Å²) in [6.07, 6.45) is 0. The molecule has 1 aromatic carbocycles. The van der Waals surface area contributed by atoms with Crippen molar-refractivity contribution in [2.24, 2.45) is 0 Å². The van der Waals surface area contributed by atoms with Gasteiger partial charge in [0.25, 0.3) is 5.91 Å². The second-order valence-corrected chi connectivity index (χ2v) is 8.37. The number of halogens is 1. The number of nitrogens with zero attached hydrogens (tertiary/aromatic N) is 4. The standard InChI is InChI=1S/C20H23FN4OS/c1-14-5-6-15(13-16(14)21)7-8-17(26)24-9-11-25(12-10-24)19-22-18(23-27-19)20(2,3)4/h5-6,13H,9-12H2,1-4H3. The summed E-state index contributed by atoms with van der Waals surface area (Å²) in [6.45, 7) is 10.5. The summed E-state index contributed by atoms with van der Waals surface area (Å²) in [6, 6.07) is 4.74. The topological polar surface area (TPSA) is 49.3 Å². The SMILES string of the molecule is Cc1ccc(C#CC(=O)N2CCN(c3nc(C(C)(C)C)ns3)CC2)cc1F. The molecule has 0 aliphatic carbocycles. The third kappa shape index (κ3) is 4.64. The van der Waals surface area contributed by atoms with E-state index in [1.807, 2.05) is 0 Å².